The molecule has 0 saturated heterocycles. The summed E-state index contributed by atoms with van der Waals surface area (Å²) >= 11 is 0. The Hall–Kier alpha value is -0.610. The quantitative estimate of drug-likeness (QED) is 0.640. The molecular weight excluding hydrogens is 182 g/mol. The van der Waals surface area contributed by atoms with Gasteiger partial charge in [0.15, 0.2) is 0 Å². The van der Waals surface area contributed by atoms with Gasteiger partial charge in [-0.2, -0.15) is 0 Å². The molecule has 4 heteroatoms. The van der Waals surface area contributed by atoms with E-state index in [2.05, 4.69) is 30.8 Å². The summed E-state index contributed by atoms with van der Waals surface area (Å²) in [7, 11) is 1.36. The molecule has 0 amide bonds. The van der Waals surface area contributed by atoms with Crippen molar-refractivity contribution >= 4 is 5.97 Å². The van der Waals surface area contributed by atoms with E-state index in [9.17, 15) is 4.79 Å². The van der Waals surface area contributed by atoms with Gasteiger partial charge in [0.1, 0.15) is 0 Å². The number of hydrogen-bond acceptors (Lipinski definition) is 4. The topological polar surface area (TPSA) is 58.6 Å². The van der Waals surface area contributed by atoms with Crippen LogP contribution in [0, 0.1) is 5.41 Å². The zero-order chi connectivity index (χ0) is 11.2. The highest BCUT2D eigenvalue weighted by Gasteiger charge is 2.24. The molecule has 0 aromatic rings. The van der Waals surface area contributed by atoms with Gasteiger partial charge in [-0.25, -0.2) is 0 Å². The van der Waals surface area contributed by atoms with Crippen molar-refractivity contribution in [3.63, 3.8) is 0 Å². The first kappa shape index (κ1) is 13.4. The molecule has 0 bridgehead atoms. The van der Waals surface area contributed by atoms with Crippen molar-refractivity contribution in [1.82, 2.24) is 5.32 Å². The van der Waals surface area contributed by atoms with Crippen LogP contribution in [-0.4, -0.2) is 37.4 Å². The second-order valence-corrected chi connectivity index (χ2v) is 4.39. The molecule has 1 atom stereocenters. The third-order valence-electron chi connectivity index (χ3n) is 2.18. The van der Waals surface area contributed by atoms with Crippen LogP contribution in [-0.2, 0) is 9.53 Å². The van der Waals surface area contributed by atoms with Crippen LogP contribution in [0.15, 0.2) is 0 Å². The van der Waals surface area contributed by atoms with Gasteiger partial charge in [0.05, 0.1) is 13.7 Å². The van der Waals surface area contributed by atoms with Crippen LogP contribution in [0.4, 0.5) is 0 Å². The number of nitrogens with one attached hydrogen (secondary N) is 1. The molecule has 0 aliphatic heterocycles. The Morgan fingerprint density at radius 2 is 2.07 bits per heavy atom. The summed E-state index contributed by atoms with van der Waals surface area (Å²) in [6.45, 7) is 6.52. The number of methoxy groups -OCH3 is 1. The second-order valence-electron chi connectivity index (χ2n) is 4.39. The van der Waals surface area contributed by atoms with Crippen LogP contribution < -0.4 is 5.32 Å². The smallest absolute Gasteiger partial charge is 0.319 e. The van der Waals surface area contributed by atoms with Crippen molar-refractivity contribution in [2.75, 3.05) is 20.3 Å². The van der Waals surface area contributed by atoms with Crippen molar-refractivity contribution in [2.24, 2.45) is 5.41 Å². The van der Waals surface area contributed by atoms with E-state index in [4.69, 9.17) is 5.11 Å². The predicted octanol–water partition coefficient (Wildman–Crippen LogP) is 0.546. The average Bonchev–Trinajstić information content (AvgIpc) is 2.09. The lowest BCUT2D eigenvalue weighted by atomic mass is 9.85. The molecule has 1 unspecified atom stereocenters. The molecule has 0 radical (unpaired) electrons. The average molecular weight is 203 g/mol. The van der Waals surface area contributed by atoms with Crippen molar-refractivity contribution < 1.29 is 14.6 Å². The number of esters is 1. The largest absolute Gasteiger partial charge is 0.468 e. The van der Waals surface area contributed by atoms with E-state index >= 15 is 0 Å². The fourth-order valence-electron chi connectivity index (χ4n) is 1.25. The molecule has 4 nitrogen and oxygen atoms in total. The van der Waals surface area contributed by atoms with Crippen LogP contribution in [0.1, 0.15) is 27.2 Å². The highest BCUT2D eigenvalue weighted by Crippen LogP contribution is 2.21. The molecule has 2 N–H and O–H groups in total. The van der Waals surface area contributed by atoms with Crippen LogP contribution >= 0.6 is 0 Å². The SMILES string of the molecule is COC(=O)CNC(CCO)C(C)(C)C. The van der Waals surface area contributed by atoms with Gasteiger partial charge in [0, 0.05) is 12.6 Å². The Balaban J connectivity index is 4.04. The lowest BCUT2D eigenvalue weighted by Crippen LogP contribution is -2.43. The standard InChI is InChI=1S/C10H21NO3/c1-10(2,3)8(5-6-12)11-7-9(13)14-4/h8,11-12H,5-7H2,1-4H3. The molecule has 0 spiro atoms. The van der Waals surface area contributed by atoms with Crippen molar-refractivity contribution in [3.05, 3.63) is 0 Å². The minimum Gasteiger partial charge on any atom is -0.468 e. The minimum absolute atomic E-state index is 0.0246. The molecule has 84 valence electrons. The normalized spacial score (nSPS) is 13.8. The van der Waals surface area contributed by atoms with Gasteiger partial charge in [-0.3, -0.25) is 4.79 Å². The molecule has 0 saturated carbocycles. The van der Waals surface area contributed by atoms with Gasteiger partial charge in [0.25, 0.3) is 0 Å². The Bertz CT molecular complexity index is 175. The van der Waals surface area contributed by atoms with E-state index in [1.165, 1.54) is 7.11 Å². The first-order chi connectivity index (χ1) is 6.41. The van der Waals surface area contributed by atoms with Crippen molar-refractivity contribution in [1.29, 1.82) is 0 Å². The summed E-state index contributed by atoms with van der Waals surface area (Å²) in [6, 6.07) is 0.117. The molecular formula is C10H21NO3. The summed E-state index contributed by atoms with van der Waals surface area (Å²) in [4.78, 5) is 10.9. The Labute approximate surface area is 85.6 Å². The van der Waals surface area contributed by atoms with Crippen LogP contribution in [0.2, 0.25) is 0 Å². The minimum atomic E-state index is -0.280. The third-order valence-corrected chi connectivity index (χ3v) is 2.18. The van der Waals surface area contributed by atoms with Crippen LogP contribution in [0.25, 0.3) is 0 Å². The maximum atomic E-state index is 10.9. The molecule has 0 fully saturated rings. The van der Waals surface area contributed by atoms with E-state index in [1.54, 1.807) is 0 Å². The number of ether oxygens (including phenoxy) is 1. The molecule has 14 heavy (non-hydrogen) atoms. The van der Waals surface area contributed by atoms with Gasteiger partial charge in [-0.05, 0) is 11.8 Å². The summed E-state index contributed by atoms with van der Waals surface area (Å²) < 4.78 is 4.53. The molecule has 0 aliphatic carbocycles. The number of aliphatic hydroxyl groups is 1. The Morgan fingerprint density at radius 3 is 2.43 bits per heavy atom. The van der Waals surface area contributed by atoms with E-state index in [0.29, 0.717) is 6.42 Å². The summed E-state index contributed by atoms with van der Waals surface area (Å²) in [5.74, 6) is -0.280. The molecule has 0 aromatic heterocycles. The Morgan fingerprint density at radius 1 is 1.50 bits per heavy atom. The highest BCUT2D eigenvalue weighted by molar-refractivity contribution is 5.71. The zero-order valence-electron chi connectivity index (χ0n) is 9.46. The van der Waals surface area contributed by atoms with Gasteiger partial charge in [0.2, 0.25) is 0 Å². The van der Waals surface area contributed by atoms with Gasteiger partial charge in [-0.15, -0.1) is 0 Å². The van der Waals surface area contributed by atoms with Crippen LogP contribution in [0.5, 0.6) is 0 Å². The fraction of sp³-hybridized carbons (Fsp3) is 0.900. The Kier molecular flexibility index (Phi) is 5.72. The summed E-state index contributed by atoms with van der Waals surface area (Å²) in [5, 5.41) is 11.9. The number of carbonyl (C=O) groups is 1. The molecule has 0 aliphatic rings. The number of aliphatic hydroxyl groups excluding tert-OH is 1. The number of hydrogen-bond donors (Lipinski definition) is 2. The van der Waals surface area contributed by atoms with E-state index in [0.717, 1.165) is 0 Å². The third kappa shape index (κ3) is 5.19. The maximum Gasteiger partial charge on any atom is 0.319 e. The lowest BCUT2D eigenvalue weighted by Gasteiger charge is -2.30. The van der Waals surface area contributed by atoms with Gasteiger partial charge < -0.3 is 15.2 Å². The first-order valence-corrected chi connectivity index (χ1v) is 4.83. The molecule has 0 heterocycles. The number of rotatable bonds is 5. The predicted molar refractivity (Wildman–Crippen MR) is 55.0 cm³/mol. The van der Waals surface area contributed by atoms with Crippen molar-refractivity contribution in [2.45, 2.75) is 33.2 Å². The number of carbonyl (C=O) groups excluding carboxylic acids is 1. The lowest BCUT2D eigenvalue weighted by molar-refractivity contribution is -0.139. The van der Waals surface area contributed by atoms with Gasteiger partial charge in [-0.1, -0.05) is 20.8 Å². The van der Waals surface area contributed by atoms with E-state index in [1.807, 2.05) is 0 Å². The van der Waals surface area contributed by atoms with Crippen molar-refractivity contribution in [3.8, 4) is 0 Å². The zero-order valence-corrected chi connectivity index (χ0v) is 9.46. The second kappa shape index (κ2) is 5.98. The summed E-state index contributed by atoms with van der Waals surface area (Å²) in [5.41, 5.74) is 0.0246. The monoisotopic (exact) mass is 203 g/mol. The maximum absolute atomic E-state index is 10.9. The van der Waals surface area contributed by atoms with E-state index in [-0.39, 0.29) is 30.6 Å². The summed E-state index contributed by atoms with van der Waals surface area (Å²) in [6.07, 6.45) is 0.639. The first-order valence-electron chi connectivity index (χ1n) is 4.83. The fourth-order valence-corrected chi connectivity index (χ4v) is 1.25. The highest BCUT2D eigenvalue weighted by atomic mass is 16.5. The van der Waals surface area contributed by atoms with E-state index < -0.39 is 0 Å². The molecule has 0 aromatic carbocycles. The van der Waals surface area contributed by atoms with Gasteiger partial charge >= 0.3 is 5.97 Å². The molecule has 0 rings (SSSR count). The van der Waals surface area contributed by atoms with Crippen LogP contribution in [0.3, 0.4) is 0 Å².